The second-order valence-corrected chi connectivity index (χ2v) is 1.56. The van der Waals surface area contributed by atoms with Crippen LogP contribution in [0.3, 0.4) is 0 Å². The third-order valence-corrected chi connectivity index (χ3v) is 0.829. The zero-order chi connectivity index (χ0) is 7.44. The van der Waals surface area contributed by atoms with E-state index in [0.29, 0.717) is 0 Å². The molecule has 0 bridgehead atoms. The van der Waals surface area contributed by atoms with Crippen LogP contribution in [-0.2, 0) is 14.3 Å². The van der Waals surface area contributed by atoms with Gasteiger partial charge in [-0.25, -0.2) is 4.79 Å². The van der Waals surface area contributed by atoms with Crippen molar-refractivity contribution < 1.29 is 19.4 Å². The Labute approximate surface area is 52.4 Å². The molecule has 52 valence electrons. The van der Waals surface area contributed by atoms with Gasteiger partial charge in [-0.15, -0.1) is 0 Å². The monoisotopic (exact) mass is 132 g/mol. The number of methoxy groups -OCH3 is 1. The molecular weight excluding hydrogens is 124 g/mol. The Morgan fingerprint density at radius 2 is 2.00 bits per heavy atom. The summed E-state index contributed by atoms with van der Waals surface area (Å²) in [7, 11) is 1.18. The number of carboxylic acids is 1. The minimum absolute atomic E-state index is 0.495. The van der Waals surface area contributed by atoms with Crippen LogP contribution in [0.15, 0.2) is 0 Å². The predicted octanol–water partition coefficient (Wildman–Crippen LogP) is -0.325. The average Bonchev–Trinajstić information content (AvgIpc) is 1.64. The van der Waals surface area contributed by atoms with Gasteiger partial charge in [0.05, 0.1) is 0 Å². The van der Waals surface area contributed by atoms with Crippen molar-refractivity contribution in [2.45, 2.75) is 13.0 Å². The normalized spacial score (nSPS) is 12.7. The van der Waals surface area contributed by atoms with Gasteiger partial charge in [-0.1, -0.05) is 0 Å². The van der Waals surface area contributed by atoms with Gasteiger partial charge in [0.15, 0.2) is 5.78 Å². The van der Waals surface area contributed by atoms with Crippen LogP contribution in [-0.4, -0.2) is 30.1 Å². The van der Waals surface area contributed by atoms with E-state index < -0.39 is 17.9 Å². The number of Topliss-reactive ketones (excluding diaryl/α,β-unsaturated/α-hetero) is 1. The highest BCUT2D eigenvalue weighted by molar-refractivity contribution is 5.99. The standard InChI is InChI=1S/C5H8O4/c1-3(6)4(9-2)5(7)8/h4H,1-2H3,(H,7,8)/t4-/m1/s1. The van der Waals surface area contributed by atoms with Crippen LogP contribution >= 0.6 is 0 Å². The Morgan fingerprint density at radius 3 is 2.00 bits per heavy atom. The van der Waals surface area contributed by atoms with Gasteiger partial charge >= 0.3 is 5.97 Å². The molecule has 0 aromatic heterocycles. The number of hydrogen-bond acceptors (Lipinski definition) is 3. The molecule has 1 atom stereocenters. The van der Waals surface area contributed by atoms with Crippen molar-refractivity contribution in [2.24, 2.45) is 0 Å². The van der Waals surface area contributed by atoms with Gasteiger partial charge in [0.1, 0.15) is 0 Å². The second kappa shape index (κ2) is 3.19. The topological polar surface area (TPSA) is 63.6 Å². The van der Waals surface area contributed by atoms with Crippen molar-refractivity contribution in [2.75, 3.05) is 7.11 Å². The maximum absolute atomic E-state index is 10.3. The van der Waals surface area contributed by atoms with Gasteiger partial charge in [-0.2, -0.15) is 0 Å². The number of carbonyl (C=O) groups excluding carboxylic acids is 1. The van der Waals surface area contributed by atoms with Crippen molar-refractivity contribution in [3.8, 4) is 0 Å². The van der Waals surface area contributed by atoms with Gasteiger partial charge in [0, 0.05) is 7.11 Å². The molecule has 0 spiro atoms. The highest BCUT2D eigenvalue weighted by atomic mass is 16.5. The van der Waals surface area contributed by atoms with Crippen LogP contribution in [0.4, 0.5) is 0 Å². The predicted molar refractivity (Wildman–Crippen MR) is 29.1 cm³/mol. The summed E-state index contributed by atoms with van der Waals surface area (Å²) in [6.45, 7) is 1.17. The largest absolute Gasteiger partial charge is 0.479 e. The second-order valence-electron chi connectivity index (χ2n) is 1.56. The summed E-state index contributed by atoms with van der Waals surface area (Å²) in [6, 6.07) is 0. The minimum Gasteiger partial charge on any atom is -0.479 e. The van der Waals surface area contributed by atoms with Crippen molar-refractivity contribution in [1.82, 2.24) is 0 Å². The molecule has 0 aromatic carbocycles. The molecule has 0 saturated heterocycles. The third-order valence-electron chi connectivity index (χ3n) is 0.829. The first-order chi connectivity index (χ1) is 4.09. The van der Waals surface area contributed by atoms with E-state index in [1.54, 1.807) is 0 Å². The van der Waals surface area contributed by atoms with E-state index in [0.717, 1.165) is 0 Å². The lowest BCUT2D eigenvalue weighted by Crippen LogP contribution is -2.29. The van der Waals surface area contributed by atoms with Gasteiger partial charge in [-0.3, -0.25) is 4.79 Å². The smallest absolute Gasteiger partial charge is 0.340 e. The first kappa shape index (κ1) is 8.10. The van der Waals surface area contributed by atoms with Crippen LogP contribution in [0, 0.1) is 0 Å². The molecule has 0 unspecified atom stereocenters. The van der Waals surface area contributed by atoms with Crippen LogP contribution in [0.5, 0.6) is 0 Å². The minimum atomic E-state index is -1.30. The zero-order valence-corrected chi connectivity index (χ0v) is 5.25. The summed E-state index contributed by atoms with van der Waals surface area (Å²) in [5.41, 5.74) is 0. The molecule has 0 fully saturated rings. The number of carbonyl (C=O) groups is 2. The molecule has 0 aliphatic carbocycles. The molecule has 0 aliphatic heterocycles. The molecule has 4 nitrogen and oxygen atoms in total. The van der Waals surface area contributed by atoms with Gasteiger partial charge in [0.25, 0.3) is 0 Å². The van der Waals surface area contributed by atoms with Crippen LogP contribution in [0.1, 0.15) is 6.92 Å². The Hall–Kier alpha value is -0.900. The van der Waals surface area contributed by atoms with Crippen LogP contribution in [0.25, 0.3) is 0 Å². The van der Waals surface area contributed by atoms with Crippen molar-refractivity contribution >= 4 is 11.8 Å². The Balaban J connectivity index is 3.99. The first-order valence-corrected chi connectivity index (χ1v) is 2.35. The molecule has 9 heavy (non-hydrogen) atoms. The summed E-state index contributed by atoms with van der Waals surface area (Å²) < 4.78 is 4.32. The molecule has 0 radical (unpaired) electrons. The van der Waals surface area contributed by atoms with Gasteiger partial charge < -0.3 is 9.84 Å². The van der Waals surface area contributed by atoms with E-state index in [9.17, 15) is 9.59 Å². The number of carboxylic acid groups (broad SMARTS) is 1. The third kappa shape index (κ3) is 2.23. The van der Waals surface area contributed by atoms with E-state index >= 15 is 0 Å². The Morgan fingerprint density at radius 1 is 1.56 bits per heavy atom. The maximum Gasteiger partial charge on any atom is 0.340 e. The molecule has 0 heterocycles. The summed E-state index contributed by atoms with van der Waals surface area (Å²) in [5, 5.41) is 8.20. The van der Waals surface area contributed by atoms with E-state index in [2.05, 4.69) is 4.74 Å². The Kier molecular flexibility index (Phi) is 2.87. The lowest BCUT2D eigenvalue weighted by molar-refractivity contribution is -0.153. The summed E-state index contributed by atoms with van der Waals surface area (Å²) in [5.74, 6) is -1.74. The number of rotatable bonds is 3. The molecule has 4 heteroatoms. The average molecular weight is 132 g/mol. The Bertz CT molecular complexity index is 115. The number of ketones is 1. The van der Waals surface area contributed by atoms with Crippen molar-refractivity contribution in [3.05, 3.63) is 0 Å². The first-order valence-electron chi connectivity index (χ1n) is 2.35. The van der Waals surface area contributed by atoms with E-state index in [4.69, 9.17) is 5.11 Å². The fourth-order valence-corrected chi connectivity index (χ4v) is 0.441. The highest BCUT2D eigenvalue weighted by Crippen LogP contribution is 1.90. The number of ether oxygens (including phenoxy) is 1. The molecule has 0 amide bonds. The van der Waals surface area contributed by atoms with Gasteiger partial charge in [0.2, 0.25) is 6.10 Å². The summed E-state index contributed by atoms with van der Waals surface area (Å²) >= 11 is 0. The van der Waals surface area contributed by atoms with E-state index in [1.165, 1.54) is 14.0 Å². The summed E-state index contributed by atoms with van der Waals surface area (Å²) in [4.78, 5) is 20.3. The van der Waals surface area contributed by atoms with Crippen molar-refractivity contribution in [1.29, 1.82) is 0 Å². The maximum atomic E-state index is 10.3. The highest BCUT2D eigenvalue weighted by Gasteiger charge is 2.20. The SMILES string of the molecule is CO[C@H](C(C)=O)C(=O)O. The molecule has 0 aliphatic rings. The quantitative estimate of drug-likeness (QED) is 0.534. The summed E-state index contributed by atoms with van der Waals surface area (Å²) in [6.07, 6.45) is -1.30. The zero-order valence-electron chi connectivity index (χ0n) is 5.25. The van der Waals surface area contributed by atoms with E-state index in [1.807, 2.05) is 0 Å². The molecule has 0 rings (SSSR count). The van der Waals surface area contributed by atoms with Crippen LogP contribution < -0.4 is 0 Å². The number of hydrogen-bond donors (Lipinski definition) is 1. The van der Waals surface area contributed by atoms with Gasteiger partial charge in [-0.05, 0) is 6.92 Å². The van der Waals surface area contributed by atoms with E-state index in [-0.39, 0.29) is 0 Å². The molecular formula is C5H8O4. The molecule has 1 N–H and O–H groups in total. The lowest BCUT2D eigenvalue weighted by Gasteiger charge is -2.03. The van der Waals surface area contributed by atoms with Crippen molar-refractivity contribution in [3.63, 3.8) is 0 Å². The molecule has 0 saturated carbocycles. The fourth-order valence-electron chi connectivity index (χ4n) is 0.441. The lowest BCUT2D eigenvalue weighted by atomic mass is 10.2. The van der Waals surface area contributed by atoms with Crippen LogP contribution in [0.2, 0.25) is 0 Å². The molecule has 0 aromatic rings. The number of aliphatic carboxylic acids is 1. The fraction of sp³-hybridized carbons (Fsp3) is 0.600.